The van der Waals surface area contributed by atoms with Gasteiger partial charge in [0, 0.05) is 31.7 Å². The molecule has 0 aliphatic carbocycles. The number of hydrogen-bond acceptors (Lipinski definition) is 5. The van der Waals surface area contributed by atoms with Gasteiger partial charge >= 0.3 is 5.97 Å². The van der Waals surface area contributed by atoms with E-state index in [0.29, 0.717) is 5.56 Å². The molecule has 1 aliphatic heterocycles. The molecule has 1 aliphatic rings. The number of nitrogens with zero attached hydrogens (tertiary/aromatic N) is 2. The molecule has 0 unspecified atom stereocenters. The van der Waals surface area contributed by atoms with E-state index in [4.69, 9.17) is 14.5 Å². The number of morpholine rings is 1. The maximum Gasteiger partial charge on any atom is 0.337 e. The summed E-state index contributed by atoms with van der Waals surface area (Å²) in [6.45, 7) is 12.3. The van der Waals surface area contributed by atoms with Crippen LogP contribution in [0.3, 0.4) is 0 Å². The molecule has 8 heteroatoms. The van der Waals surface area contributed by atoms with E-state index in [9.17, 15) is 4.79 Å². The van der Waals surface area contributed by atoms with Crippen LogP contribution in [-0.4, -0.2) is 75.4 Å². The van der Waals surface area contributed by atoms with Crippen molar-refractivity contribution >= 4 is 35.9 Å². The number of guanidine groups is 1. The normalized spacial score (nSPS) is 15.4. The van der Waals surface area contributed by atoms with Gasteiger partial charge < -0.3 is 20.1 Å². The van der Waals surface area contributed by atoms with Crippen LogP contribution in [0.1, 0.15) is 36.7 Å². The zero-order valence-electron chi connectivity index (χ0n) is 18.0. The zero-order chi connectivity index (χ0) is 20.4. The number of ether oxygens (including phenoxy) is 2. The summed E-state index contributed by atoms with van der Waals surface area (Å²) in [5.41, 5.74) is 1.72. The molecular formula is C21H35IN4O3. The minimum Gasteiger partial charge on any atom is -0.465 e. The topological polar surface area (TPSA) is 75.2 Å². The molecule has 0 aromatic heterocycles. The number of benzene rings is 1. The van der Waals surface area contributed by atoms with Gasteiger partial charge in [0.2, 0.25) is 0 Å². The first-order valence-corrected chi connectivity index (χ1v) is 9.98. The van der Waals surface area contributed by atoms with Crippen molar-refractivity contribution in [3.05, 3.63) is 35.4 Å². The Balaban J connectivity index is 0.00000420. The first-order valence-electron chi connectivity index (χ1n) is 9.98. The maximum atomic E-state index is 11.5. The van der Waals surface area contributed by atoms with Crippen molar-refractivity contribution in [2.75, 3.05) is 53.0 Å². The van der Waals surface area contributed by atoms with Crippen LogP contribution >= 0.6 is 24.0 Å². The highest BCUT2D eigenvalue weighted by atomic mass is 127. The number of carbonyl (C=O) groups is 1. The van der Waals surface area contributed by atoms with Crippen molar-refractivity contribution in [3.8, 4) is 0 Å². The summed E-state index contributed by atoms with van der Waals surface area (Å²) < 4.78 is 10.2. The monoisotopic (exact) mass is 518 g/mol. The van der Waals surface area contributed by atoms with Gasteiger partial charge in [0.25, 0.3) is 0 Å². The molecule has 0 saturated carbocycles. The Morgan fingerprint density at radius 3 is 2.45 bits per heavy atom. The summed E-state index contributed by atoms with van der Waals surface area (Å²) in [6.07, 6.45) is 0.846. The van der Waals surface area contributed by atoms with Crippen molar-refractivity contribution in [3.63, 3.8) is 0 Å². The molecular weight excluding hydrogens is 483 g/mol. The van der Waals surface area contributed by atoms with Gasteiger partial charge in [0.15, 0.2) is 5.96 Å². The number of nitrogens with one attached hydrogen (secondary N) is 2. The molecule has 0 amide bonds. The second kappa shape index (κ2) is 13.0. The highest BCUT2D eigenvalue weighted by Crippen LogP contribution is 2.16. The van der Waals surface area contributed by atoms with Gasteiger partial charge in [-0.25, -0.2) is 4.79 Å². The van der Waals surface area contributed by atoms with Crippen LogP contribution in [0.5, 0.6) is 0 Å². The van der Waals surface area contributed by atoms with E-state index in [-0.39, 0.29) is 35.5 Å². The van der Waals surface area contributed by atoms with Gasteiger partial charge in [-0.05, 0) is 44.9 Å². The maximum absolute atomic E-state index is 11.5. The van der Waals surface area contributed by atoms with Crippen LogP contribution in [0.25, 0.3) is 0 Å². The van der Waals surface area contributed by atoms with Crippen LogP contribution in [0, 0.1) is 0 Å². The van der Waals surface area contributed by atoms with Gasteiger partial charge in [0.1, 0.15) is 0 Å². The SMILES string of the molecule is CCNC(=NCC(C)(C)N1CCOCC1)NCCc1ccc(C(=O)OC)cc1.I. The molecule has 1 aromatic rings. The van der Waals surface area contributed by atoms with Crippen LogP contribution in [0.2, 0.25) is 0 Å². The predicted octanol–water partition coefficient (Wildman–Crippen LogP) is 2.30. The third-order valence-corrected chi connectivity index (χ3v) is 4.92. The highest BCUT2D eigenvalue weighted by molar-refractivity contribution is 14.0. The summed E-state index contributed by atoms with van der Waals surface area (Å²) in [5, 5.41) is 6.71. The fourth-order valence-corrected chi connectivity index (χ4v) is 3.13. The lowest BCUT2D eigenvalue weighted by molar-refractivity contribution is -0.00683. The van der Waals surface area contributed by atoms with Crippen molar-refractivity contribution in [2.24, 2.45) is 4.99 Å². The van der Waals surface area contributed by atoms with Gasteiger partial charge in [-0.3, -0.25) is 9.89 Å². The standard InChI is InChI=1S/C21H34N4O3.HI/c1-5-22-20(24-16-21(2,3)25-12-14-28-15-13-25)23-11-10-17-6-8-18(9-7-17)19(26)27-4;/h6-9H,5,10-16H2,1-4H3,(H2,22,23,24);1H. The Hall–Kier alpha value is -1.39. The van der Waals surface area contributed by atoms with E-state index in [1.165, 1.54) is 7.11 Å². The molecule has 0 atom stereocenters. The zero-order valence-corrected chi connectivity index (χ0v) is 20.3. The second-order valence-corrected chi connectivity index (χ2v) is 7.47. The van der Waals surface area contributed by atoms with E-state index in [2.05, 4.69) is 36.3 Å². The molecule has 1 saturated heterocycles. The Morgan fingerprint density at radius 2 is 1.86 bits per heavy atom. The van der Waals surface area contributed by atoms with Crippen molar-refractivity contribution in [1.29, 1.82) is 0 Å². The molecule has 29 heavy (non-hydrogen) atoms. The summed E-state index contributed by atoms with van der Waals surface area (Å²) in [7, 11) is 1.39. The Bertz CT molecular complexity index is 644. The van der Waals surface area contributed by atoms with E-state index >= 15 is 0 Å². The fraction of sp³-hybridized carbons (Fsp3) is 0.619. The Kier molecular flexibility index (Phi) is 11.5. The Morgan fingerprint density at radius 1 is 1.21 bits per heavy atom. The quantitative estimate of drug-likeness (QED) is 0.238. The van der Waals surface area contributed by atoms with Crippen molar-refractivity contribution in [1.82, 2.24) is 15.5 Å². The van der Waals surface area contributed by atoms with Crippen molar-refractivity contribution < 1.29 is 14.3 Å². The highest BCUT2D eigenvalue weighted by Gasteiger charge is 2.28. The molecule has 0 spiro atoms. The number of rotatable bonds is 8. The number of halogens is 1. The van der Waals surface area contributed by atoms with E-state index in [1.807, 2.05) is 12.1 Å². The first-order chi connectivity index (χ1) is 13.5. The van der Waals surface area contributed by atoms with E-state index in [0.717, 1.165) is 63.9 Å². The Labute approximate surface area is 191 Å². The minimum absolute atomic E-state index is 0. The molecule has 2 N–H and O–H groups in total. The van der Waals surface area contributed by atoms with E-state index < -0.39 is 0 Å². The number of carbonyl (C=O) groups excluding carboxylic acids is 1. The number of esters is 1. The summed E-state index contributed by atoms with van der Waals surface area (Å²) in [5.74, 6) is 0.518. The first kappa shape index (κ1) is 25.6. The van der Waals surface area contributed by atoms with Gasteiger partial charge in [-0.15, -0.1) is 24.0 Å². The lowest BCUT2D eigenvalue weighted by atomic mass is 10.0. The largest absolute Gasteiger partial charge is 0.465 e. The predicted molar refractivity (Wildman–Crippen MR) is 127 cm³/mol. The minimum atomic E-state index is -0.311. The van der Waals surface area contributed by atoms with E-state index in [1.54, 1.807) is 12.1 Å². The molecule has 1 heterocycles. The van der Waals surface area contributed by atoms with Crippen LogP contribution in [0.4, 0.5) is 0 Å². The molecule has 7 nitrogen and oxygen atoms in total. The van der Waals surface area contributed by atoms with Crippen LogP contribution in [0.15, 0.2) is 29.3 Å². The average Bonchev–Trinajstić information content (AvgIpc) is 2.72. The van der Waals surface area contributed by atoms with Gasteiger partial charge in [-0.2, -0.15) is 0 Å². The van der Waals surface area contributed by atoms with Crippen LogP contribution < -0.4 is 10.6 Å². The molecule has 0 bridgehead atoms. The summed E-state index contributed by atoms with van der Waals surface area (Å²) >= 11 is 0. The van der Waals surface area contributed by atoms with Crippen LogP contribution in [-0.2, 0) is 15.9 Å². The number of methoxy groups -OCH3 is 1. The molecule has 1 fully saturated rings. The second-order valence-electron chi connectivity index (χ2n) is 7.47. The number of hydrogen-bond donors (Lipinski definition) is 2. The lowest BCUT2D eigenvalue weighted by Crippen LogP contribution is -2.52. The third kappa shape index (κ3) is 8.47. The lowest BCUT2D eigenvalue weighted by Gasteiger charge is -2.39. The van der Waals surface area contributed by atoms with Gasteiger partial charge in [-0.1, -0.05) is 12.1 Å². The molecule has 164 valence electrons. The average molecular weight is 518 g/mol. The smallest absolute Gasteiger partial charge is 0.337 e. The van der Waals surface area contributed by atoms with Gasteiger partial charge in [0.05, 0.1) is 32.4 Å². The molecule has 0 radical (unpaired) electrons. The summed E-state index contributed by atoms with van der Waals surface area (Å²) in [6, 6.07) is 7.51. The third-order valence-electron chi connectivity index (χ3n) is 4.92. The molecule has 1 aromatic carbocycles. The molecule has 2 rings (SSSR count). The fourth-order valence-electron chi connectivity index (χ4n) is 3.13. The van der Waals surface area contributed by atoms with Crippen molar-refractivity contribution in [2.45, 2.75) is 32.7 Å². The number of aliphatic imine (C=N–C) groups is 1. The summed E-state index contributed by atoms with van der Waals surface area (Å²) in [4.78, 5) is 18.7.